The molecule has 0 aromatic heterocycles. The van der Waals surface area contributed by atoms with E-state index in [1.807, 2.05) is 42.3 Å². The van der Waals surface area contributed by atoms with Crippen molar-refractivity contribution in [3.8, 4) is 0 Å². The molecule has 0 fully saturated rings. The number of hydrogen-bond acceptors (Lipinski definition) is 3. The van der Waals surface area contributed by atoms with Crippen molar-refractivity contribution in [2.24, 2.45) is 15.7 Å². The molecule has 84 valence electrons. The van der Waals surface area contributed by atoms with Gasteiger partial charge in [0.25, 0.3) is 0 Å². The number of nitrogens with two attached hydrogens (primary N) is 1. The number of guanidine groups is 1. The van der Waals surface area contributed by atoms with Gasteiger partial charge in [0, 0.05) is 19.5 Å². The molecule has 0 saturated carbocycles. The minimum absolute atomic E-state index is 0.347. The van der Waals surface area contributed by atoms with Crippen LogP contribution in [0.1, 0.15) is 13.3 Å². The largest absolute Gasteiger partial charge is 0.369 e. The maximum Gasteiger partial charge on any atom is 0.197 e. The van der Waals surface area contributed by atoms with Crippen LogP contribution in [-0.4, -0.2) is 29.8 Å². The summed E-state index contributed by atoms with van der Waals surface area (Å²) in [6.45, 7) is 2.11. The van der Waals surface area contributed by atoms with Crippen molar-refractivity contribution in [3.05, 3.63) is 30.3 Å². The molecule has 1 aliphatic rings. The second-order valence-electron chi connectivity index (χ2n) is 4.00. The van der Waals surface area contributed by atoms with Crippen molar-refractivity contribution in [2.75, 3.05) is 7.05 Å². The monoisotopic (exact) mass is 216 g/mol. The molecule has 0 bridgehead atoms. The third-order valence-corrected chi connectivity index (χ3v) is 2.76. The average Bonchev–Trinajstić information content (AvgIpc) is 2.27. The van der Waals surface area contributed by atoms with E-state index in [1.165, 1.54) is 0 Å². The number of para-hydroxylation sites is 1. The minimum Gasteiger partial charge on any atom is -0.369 e. The van der Waals surface area contributed by atoms with E-state index in [1.54, 1.807) is 0 Å². The Morgan fingerprint density at radius 2 is 2.06 bits per heavy atom. The van der Waals surface area contributed by atoms with Gasteiger partial charge in [0.15, 0.2) is 5.96 Å². The van der Waals surface area contributed by atoms with Gasteiger partial charge in [-0.3, -0.25) is 0 Å². The summed E-state index contributed by atoms with van der Waals surface area (Å²) in [6.07, 6.45) is 0.825. The fourth-order valence-corrected chi connectivity index (χ4v) is 1.61. The summed E-state index contributed by atoms with van der Waals surface area (Å²) >= 11 is 0. The molecule has 1 heterocycles. The number of benzene rings is 1. The summed E-state index contributed by atoms with van der Waals surface area (Å²) < 4.78 is 0. The summed E-state index contributed by atoms with van der Waals surface area (Å²) in [5, 5.41) is 0. The molecule has 0 aliphatic carbocycles. The van der Waals surface area contributed by atoms with E-state index in [4.69, 9.17) is 5.73 Å². The fraction of sp³-hybridized carbons (Fsp3) is 0.333. The van der Waals surface area contributed by atoms with Gasteiger partial charge >= 0.3 is 0 Å². The Morgan fingerprint density at radius 1 is 1.38 bits per heavy atom. The Kier molecular flexibility index (Phi) is 2.90. The Hall–Kier alpha value is -1.84. The first-order valence-corrected chi connectivity index (χ1v) is 5.36. The summed E-state index contributed by atoms with van der Waals surface area (Å²) in [7, 11) is 1.95. The van der Waals surface area contributed by atoms with Crippen molar-refractivity contribution in [1.29, 1.82) is 0 Å². The Balaban J connectivity index is 2.26. The first-order chi connectivity index (χ1) is 7.66. The molecule has 1 unspecified atom stereocenters. The lowest BCUT2D eigenvalue weighted by Crippen LogP contribution is -2.45. The molecule has 1 aromatic rings. The number of hydrogen-bond donors (Lipinski definition) is 1. The van der Waals surface area contributed by atoms with Gasteiger partial charge in [-0.05, 0) is 19.1 Å². The Morgan fingerprint density at radius 3 is 2.69 bits per heavy atom. The molecule has 4 nitrogen and oxygen atoms in total. The molecule has 0 saturated heterocycles. The van der Waals surface area contributed by atoms with Gasteiger partial charge in [-0.15, -0.1) is 0 Å². The molecule has 2 N–H and O–H groups in total. The molecule has 16 heavy (non-hydrogen) atoms. The van der Waals surface area contributed by atoms with Crippen LogP contribution >= 0.6 is 0 Å². The van der Waals surface area contributed by atoms with Crippen molar-refractivity contribution in [2.45, 2.75) is 19.4 Å². The van der Waals surface area contributed by atoms with Gasteiger partial charge < -0.3 is 10.6 Å². The molecule has 4 heteroatoms. The summed E-state index contributed by atoms with van der Waals surface area (Å²) in [6, 6.07) is 10.2. The maximum absolute atomic E-state index is 5.81. The van der Waals surface area contributed by atoms with E-state index in [0.717, 1.165) is 17.9 Å². The Bertz CT molecular complexity index is 422. The molecular weight excluding hydrogens is 200 g/mol. The zero-order valence-electron chi connectivity index (χ0n) is 9.59. The highest BCUT2D eigenvalue weighted by atomic mass is 15.3. The first-order valence-electron chi connectivity index (χ1n) is 5.36. The van der Waals surface area contributed by atoms with Crippen LogP contribution in [0.5, 0.6) is 0 Å². The van der Waals surface area contributed by atoms with Crippen LogP contribution in [-0.2, 0) is 0 Å². The zero-order valence-corrected chi connectivity index (χ0v) is 9.59. The van der Waals surface area contributed by atoms with E-state index in [9.17, 15) is 0 Å². The smallest absolute Gasteiger partial charge is 0.197 e. The quantitative estimate of drug-likeness (QED) is 0.777. The predicted molar refractivity (Wildman–Crippen MR) is 67.0 cm³/mol. The predicted octanol–water partition coefficient (Wildman–Crippen LogP) is 1.76. The van der Waals surface area contributed by atoms with Crippen LogP contribution in [0.3, 0.4) is 0 Å². The van der Waals surface area contributed by atoms with Gasteiger partial charge in [-0.25, -0.2) is 4.99 Å². The van der Waals surface area contributed by atoms with Crippen LogP contribution < -0.4 is 5.73 Å². The lowest BCUT2D eigenvalue weighted by molar-refractivity contribution is 0.387. The number of nitrogens with zero attached hydrogens (tertiary/aromatic N) is 3. The molecule has 0 radical (unpaired) electrons. The van der Waals surface area contributed by atoms with Gasteiger partial charge in [0.2, 0.25) is 0 Å². The zero-order chi connectivity index (χ0) is 11.5. The number of aliphatic imine (C=N–C) groups is 2. The minimum atomic E-state index is 0.347. The third-order valence-electron chi connectivity index (χ3n) is 2.76. The average molecular weight is 216 g/mol. The number of amidine groups is 1. The van der Waals surface area contributed by atoms with E-state index >= 15 is 0 Å². The summed E-state index contributed by atoms with van der Waals surface area (Å²) in [4.78, 5) is 10.7. The van der Waals surface area contributed by atoms with Crippen molar-refractivity contribution in [1.82, 2.24) is 4.90 Å². The van der Waals surface area contributed by atoms with Crippen molar-refractivity contribution < 1.29 is 0 Å². The SMILES string of the molecule is CC1CC(=Nc2ccccc2)N=C(N)N1C. The maximum atomic E-state index is 5.81. The van der Waals surface area contributed by atoms with E-state index in [-0.39, 0.29) is 0 Å². The van der Waals surface area contributed by atoms with E-state index < -0.39 is 0 Å². The van der Waals surface area contributed by atoms with Gasteiger partial charge in [-0.2, -0.15) is 4.99 Å². The lowest BCUT2D eigenvalue weighted by atomic mass is 10.2. The normalized spacial score (nSPS) is 23.4. The van der Waals surface area contributed by atoms with Crippen LogP contribution in [0, 0.1) is 0 Å². The molecule has 2 rings (SSSR count). The standard InChI is InChI=1S/C12H16N4/c1-9-8-11(15-12(13)16(9)2)14-10-6-4-3-5-7-10/h3-7,9H,8H2,1-2H3,(H2,13,14,15). The first kappa shape index (κ1) is 10.7. The van der Waals surface area contributed by atoms with Crippen LogP contribution in [0.15, 0.2) is 40.3 Å². The highest BCUT2D eigenvalue weighted by Crippen LogP contribution is 2.15. The molecular formula is C12H16N4. The van der Waals surface area contributed by atoms with Gasteiger partial charge in [0.1, 0.15) is 5.84 Å². The highest BCUT2D eigenvalue weighted by molar-refractivity contribution is 5.99. The van der Waals surface area contributed by atoms with Crippen molar-refractivity contribution >= 4 is 17.5 Å². The molecule has 1 aromatic carbocycles. The second-order valence-corrected chi connectivity index (χ2v) is 4.00. The lowest BCUT2D eigenvalue weighted by Gasteiger charge is -2.29. The van der Waals surface area contributed by atoms with Crippen LogP contribution in [0.2, 0.25) is 0 Å². The summed E-state index contributed by atoms with van der Waals surface area (Å²) in [5.41, 5.74) is 6.73. The number of rotatable bonds is 1. The van der Waals surface area contributed by atoms with Gasteiger partial charge in [0.05, 0.1) is 5.69 Å². The second kappa shape index (κ2) is 4.35. The van der Waals surface area contributed by atoms with E-state index in [2.05, 4.69) is 16.9 Å². The summed E-state index contributed by atoms with van der Waals surface area (Å²) in [5.74, 6) is 1.34. The molecule has 0 spiro atoms. The van der Waals surface area contributed by atoms with E-state index in [0.29, 0.717) is 12.0 Å². The van der Waals surface area contributed by atoms with Crippen LogP contribution in [0.4, 0.5) is 5.69 Å². The van der Waals surface area contributed by atoms with Crippen molar-refractivity contribution in [3.63, 3.8) is 0 Å². The highest BCUT2D eigenvalue weighted by Gasteiger charge is 2.19. The molecule has 0 amide bonds. The topological polar surface area (TPSA) is 54.0 Å². The third kappa shape index (κ3) is 2.21. The molecule has 1 aliphatic heterocycles. The molecule has 1 atom stereocenters. The van der Waals surface area contributed by atoms with Crippen LogP contribution in [0.25, 0.3) is 0 Å². The Labute approximate surface area is 95.5 Å². The van der Waals surface area contributed by atoms with Gasteiger partial charge in [-0.1, -0.05) is 18.2 Å². The fourth-order valence-electron chi connectivity index (χ4n) is 1.61.